The van der Waals surface area contributed by atoms with Gasteiger partial charge in [0.1, 0.15) is 0 Å². The first-order valence-corrected chi connectivity index (χ1v) is 6.39. The average molecular weight is 294 g/mol. The monoisotopic (exact) mass is 292 g/mol. The molecule has 3 heteroatoms. The molecule has 1 aliphatic rings. The maximum atomic E-state index is 6.20. The highest BCUT2D eigenvalue weighted by Gasteiger charge is 2.25. The molecule has 76 valence electrons. The summed E-state index contributed by atoms with van der Waals surface area (Å²) in [6.07, 6.45) is 2.34. The van der Waals surface area contributed by atoms with Crippen LogP contribution in [0.2, 0.25) is 10.0 Å². The van der Waals surface area contributed by atoms with E-state index < -0.39 is 0 Å². The lowest BCUT2D eigenvalue weighted by Crippen LogP contribution is -2.09. The standard InChI is InChI=1S/C11H11BrCl2/c1-6-2-3-9(12)8-4-7(13)5-10(14)11(6)8/h4-6,9H,2-3H2,1H3. The van der Waals surface area contributed by atoms with Gasteiger partial charge >= 0.3 is 0 Å². The molecule has 0 N–H and O–H groups in total. The molecule has 0 amide bonds. The predicted molar refractivity (Wildman–Crippen MR) is 65.8 cm³/mol. The highest BCUT2D eigenvalue weighted by molar-refractivity contribution is 9.09. The van der Waals surface area contributed by atoms with Crippen LogP contribution in [-0.4, -0.2) is 0 Å². The molecule has 2 unspecified atom stereocenters. The Morgan fingerprint density at radius 1 is 1.29 bits per heavy atom. The molecule has 0 spiro atoms. The molecule has 2 rings (SSSR count). The van der Waals surface area contributed by atoms with Gasteiger partial charge in [-0.05, 0) is 42.0 Å². The molecule has 14 heavy (non-hydrogen) atoms. The average Bonchev–Trinajstić information content (AvgIpc) is 2.10. The second-order valence-electron chi connectivity index (χ2n) is 3.84. The van der Waals surface area contributed by atoms with Gasteiger partial charge in [0.15, 0.2) is 0 Å². The second kappa shape index (κ2) is 4.03. The Bertz CT molecular complexity index is 363. The molecule has 0 nitrogen and oxygen atoms in total. The molecule has 1 aromatic rings. The fraction of sp³-hybridized carbons (Fsp3) is 0.455. The quantitative estimate of drug-likeness (QED) is 0.567. The van der Waals surface area contributed by atoms with E-state index in [4.69, 9.17) is 23.2 Å². The van der Waals surface area contributed by atoms with Gasteiger partial charge in [-0.15, -0.1) is 0 Å². The van der Waals surface area contributed by atoms with Gasteiger partial charge in [-0.3, -0.25) is 0 Å². The van der Waals surface area contributed by atoms with E-state index in [0.29, 0.717) is 10.7 Å². The Kier molecular flexibility index (Phi) is 3.11. The third-order valence-electron chi connectivity index (χ3n) is 2.81. The number of halogens is 3. The van der Waals surface area contributed by atoms with E-state index in [2.05, 4.69) is 22.9 Å². The lowest BCUT2D eigenvalue weighted by atomic mass is 9.84. The van der Waals surface area contributed by atoms with E-state index in [1.165, 1.54) is 17.5 Å². The van der Waals surface area contributed by atoms with Crippen molar-refractivity contribution in [1.29, 1.82) is 0 Å². The van der Waals surface area contributed by atoms with Crippen molar-refractivity contribution in [2.75, 3.05) is 0 Å². The van der Waals surface area contributed by atoms with Gasteiger partial charge in [0.05, 0.1) is 0 Å². The van der Waals surface area contributed by atoms with Gasteiger partial charge in [-0.25, -0.2) is 0 Å². The van der Waals surface area contributed by atoms with E-state index in [1.54, 1.807) is 0 Å². The second-order valence-corrected chi connectivity index (χ2v) is 5.79. The Balaban J connectivity index is 2.60. The van der Waals surface area contributed by atoms with E-state index >= 15 is 0 Å². The van der Waals surface area contributed by atoms with E-state index in [1.807, 2.05) is 12.1 Å². The van der Waals surface area contributed by atoms with Crippen LogP contribution in [0.5, 0.6) is 0 Å². The minimum absolute atomic E-state index is 0.407. The first kappa shape index (κ1) is 10.8. The summed E-state index contributed by atoms with van der Waals surface area (Å²) in [7, 11) is 0. The Morgan fingerprint density at radius 3 is 2.71 bits per heavy atom. The van der Waals surface area contributed by atoms with Crippen LogP contribution in [0.15, 0.2) is 12.1 Å². The van der Waals surface area contributed by atoms with Crippen LogP contribution in [0.1, 0.15) is 41.6 Å². The maximum absolute atomic E-state index is 6.20. The maximum Gasteiger partial charge on any atom is 0.0458 e. The molecule has 1 aliphatic carbocycles. The predicted octanol–water partition coefficient (Wildman–Crippen LogP) is 5.33. The van der Waals surface area contributed by atoms with Crippen LogP contribution in [0.4, 0.5) is 0 Å². The molecule has 0 aromatic heterocycles. The summed E-state index contributed by atoms with van der Waals surface area (Å²) < 4.78 is 0. The number of rotatable bonds is 0. The lowest BCUT2D eigenvalue weighted by molar-refractivity contribution is 0.587. The van der Waals surface area contributed by atoms with Gasteiger partial charge in [0, 0.05) is 14.9 Å². The van der Waals surface area contributed by atoms with E-state index in [0.717, 1.165) is 16.5 Å². The van der Waals surface area contributed by atoms with Gasteiger partial charge in [-0.2, -0.15) is 0 Å². The summed E-state index contributed by atoms with van der Waals surface area (Å²) in [6, 6.07) is 3.86. The van der Waals surface area contributed by atoms with Gasteiger partial charge in [0.2, 0.25) is 0 Å². The fourth-order valence-electron chi connectivity index (χ4n) is 2.08. The number of hydrogen-bond acceptors (Lipinski definition) is 0. The molecule has 2 atom stereocenters. The summed E-state index contributed by atoms with van der Waals surface area (Å²) in [5, 5.41) is 1.54. The number of fused-ring (bicyclic) bond motifs is 1. The summed E-state index contributed by atoms with van der Waals surface area (Å²) in [5.41, 5.74) is 2.53. The minimum atomic E-state index is 0.407. The molecule has 0 saturated heterocycles. The van der Waals surface area contributed by atoms with Crippen LogP contribution in [0.3, 0.4) is 0 Å². The number of benzene rings is 1. The third-order valence-corrected chi connectivity index (χ3v) is 4.29. The number of hydrogen-bond donors (Lipinski definition) is 0. The highest BCUT2D eigenvalue weighted by Crippen LogP contribution is 2.45. The largest absolute Gasteiger partial charge is 0.0843 e. The van der Waals surface area contributed by atoms with Crippen molar-refractivity contribution in [2.24, 2.45) is 0 Å². The summed E-state index contributed by atoms with van der Waals surface area (Å²) in [5.74, 6) is 0.545. The van der Waals surface area contributed by atoms with Crippen molar-refractivity contribution in [3.8, 4) is 0 Å². The Hall–Kier alpha value is 0.280. The van der Waals surface area contributed by atoms with Crippen LogP contribution >= 0.6 is 39.1 Å². The van der Waals surface area contributed by atoms with Crippen molar-refractivity contribution in [3.63, 3.8) is 0 Å². The Labute approximate surface area is 103 Å². The van der Waals surface area contributed by atoms with Gasteiger partial charge in [-0.1, -0.05) is 46.1 Å². The Morgan fingerprint density at radius 2 is 2.00 bits per heavy atom. The molecule has 0 radical (unpaired) electrons. The molecule has 1 aromatic carbocycles. The molecular weight excluding hydrogens is 283 g/mol. The van der Waals surface area contributed by atoms with Crippen molar-refractivity contribution in [1.82, 2.24) is 0 Å². The first-order chi connectivity index (χ1) is 6.59. The first-order valence-electron chi connectivity index (χ1n) is 4.72. The zero-order valence-electron chi connectivity index (χ0n) is 7.86. The summed E-state index contributed by atoms with van der Waals surface area (Å²) in [6.45, 7) is 2.22. The van der Waals surface area contributed by atoms with Crippen LogP contribution in [0, 0.1) is 0 Å². The van der Waals surface area contributed by atoms with Crippen molar-refractivity contribution >= 4 is 39.1 Å². The van der Waals surface area contributed by atoms with Crippen molar-refractivity contribution in [2.45, 2.75) is 30.5 Å². The molecule has 0 bridgehead atoms. The molecule has 0 heterocycles. The zero-order valence-corrected chi connectivity index (χ0v) is 11.0. The van der Waals surface area contributed by atoms with Crippen LogP contribution < -0.4 is 0 Å². The smallest absolute Gasteiger partial charge is 0.0458 e. The van der Waals surface area contributed by atoms with Gasteiger partial charge < -0.3 is 0 Å². The summed E-state index contributed by atoms with van der Waals surface area (Å²) in [4.78, 5) is 0.407. The highest BCUT2D eigenvalue weighted by atomic mass is 79.9. The lowest BCUT2D eigenvalue weighted by Gasteiger charge is -2.27. The van der Waals surface area contributed by atoms with E-state index in [9.17, 15) is 0 Å². The van der Waals surface area contributed by atoms with Crippen LogP contribution in [-0.2, 0) is 0 Å². The fourth-order valence-corrected chi connectivity index (χ4v) is 3.42. The minimum Gasteiger partial charge on any atom is -0.0843 e. The third kappa shape index (κ3) is 1.82. The zero-order chi connectivity index (χ0) is 10.3. The summed E-state index contributed by atoms with van der Waals surface area (Å²) >= 11 is 15.9. The normalized spacial score (nSPS) is 26.0. The molecule has 0 aliphatic heterocycles. The SMILES string of the molecule is CC1CCC(Br)c2cc(Cl)cc(Cl)c21. The van der Waals surface area contributed by atoms with E-state index in [-0.39, 0.29) is 0 Å². The molecular formula is C11H11BrCl2. The number of alkyl halides is 1. The van der Waals surface area contributed by atoms with Crippen molar-refractivity contribution < 1.29 is 0 Å². The van der Waals surface area contributed by atoms with Crippen LogP contribution in [0.25, 0.3) is 0 Å². The van der Waals surface area contributed by atoms with Gasteiger partial charge in [0.25, 0.3) is 0 Å². The molecule has 0 fully saturated rings. The van der Waals surface area contributed by atoms with Crippen molar-refractivity contribution in [3.05, 3.63) is 33.3 Å². The topological polar surface area (TPSA) is 0 Å². The molecule has 0 saturated carbocycles.